The number of piperazine rings is 1. The Balaban J connectivity index is 1.40. The molecule has 7 rings (SSSR count). The quantitative estimate of drug-likeness (QED) is 0.284. The number of fused-ring (bicyclic) bond motifs is 3. The lowest BCUT2D eigenvalue weighted by molar-refractivity contribution is 0.0151. The van der Waals surface area contributed by atoms with Crippen LogP contribution in [0.15, 0.2) is 48.8 Å². The number of pyridine rings is 1. The number of primary amides is 1. The number of hydrogen-bond acceptors (Lipinski definition) is 6. The van der Waals surface area contributed by atoms with E-state index >= 15 is 0 Å². The van der Waals surface area contributed by atoms with Crippen molar-refractivity contribution in [3.63, 3.8) is 0 Å². The predicted molar refractivity (Wildman–Crippen MR) is 174 cm³/mol. The minimum Gasteiger partial charge on any atom is -0.496 e. The highest BCUT2D eigenvalue weighted by Gasteiger charge is 2.43. The van der Waals surface area contributed by atoms with Crippen molar-refractivity contribution in [3.8, 4) is 33.8 Å². The smallest absolute Gasteiger partial charge is 0.275 e. The van der Waals surface area contributed by atoms with Crippen LogP contribution < -0.4 is 10.5 Å². The van der Waals surface area contributed by atoms with Gasteiger partial charge in [0.1, 0.15) is 5.75 Å². The third-order valence-electron chi connectivity index (χ3n) is 9.18. The molecule has 232 valence electrons. The summed E-state index contributed by atoms with van der Waals surface area (Å²) in [5.41, 5.74) is 11.7. The first-order valence-electron chi connectivity index (χ1n) is 15.1. The largest absolute Gasteiger partial charge is 0.496 e. The highest BCUT2D eigenvalue weighted by atomic mass is 35.5. The monoisotopic (exact) mass is 644 g/mol. The minimum absolute atomic E-state index is 0.0749. The van der Waals surface area contributed by atoms with Gasteiger partial charge >= 0.3 is 0 Å². The number of carbonyl (C=O) groups excluding carboxylic acids is 2. The standard InChI is InChI=1S/C34H34Cl2N6O3/c1-34(2)18-40(24-5-6-24)8-9-41(34)33(44)30-26-7-4-19-11-29(45-3)27(20-10-21(32(37)43)17-38-16-20)15-28(19)31(26)42(39-30)25-13-22(35)12-23(36)14-25/h10-17,24H,4-9,18H2,1-3H3,(H2,37,43). The number of carbonyl (C=O) groups is 2. The normalized spacial score (nSPS) is 17.5. The Morgan fingerprint density at radius 1 is 0.978 bits per heavy atom. The van der Waals surface area contributed by atoms with Crippen LogP contribution in [0, 0.1) is 0 Å². The van der Waals surface area contributed by atoms with E-state index in [1.54, 1.807) is 42.3 Å². The zero-order valence-corrected chi connectivity index (χ0v) is 27.0. The molecule has 3 heterocycles. The molecule has 0 bridgehead atoms. The van der Waals surface area contributed by atoms with Crippen molar-refractivity contribution in [1.82, 2.24) is 24.6 Å². The summed E-state index contributed by atoms with van der Waals surface area (Å²) in [4.78, 5) is 35.2. The first-order valence-corrected chi connectivity index (χ1v) is 15.9. The average molecular weight is 646 g/mol. The van der Waals surface area contributed by atoms with E-state index in [4.69, 9.17) is 38.8 Å². The Bertz CT molecular complexity index is 1840. The van der Waals surface area contributed by atoms with Crippen molar-refractivity contribution in [3.05, 3.63) is 81.2 Å². The van der Waals surface area contributed by atoms with Crippen LogP contribution in [0.25, 0.3) is 28.1 Å². The lowest BCUT2D eigenvalue weighted by atomic mass is 9.85. The van der Waals surface area contributed by atoms with E-state index in [1.165, 1.54) is 19.0 Å². The van der Waals surface area contributed by atoms with E-state index in [1.807, 2.05) is 17.0 Å². The van der Waals surface area contributed by atoms with Gasteiger partial charge in [-0.3, -0.25) is 19.5 Å². The van der Waals surface area contributed by atoms with Crippen molar-refractivity contribution >= 4 is 35.0 Å². The van der Waals surface area contributed by atoms with Gasteiger partial charge in [-0.2, -0.15) is 5.10 Å². The number of nitrogens with two attached hydrogens (primary N) is 1. The van der Waals surface area contributed by atoms with Gasteiger partial charge in [-0.15, -0.1) is 0 Å². The summed E-state index contributed by atoms with van der Waals surface area (Å²) in [5.74, 6) is 0.00158. The molecule has 2 aromatic carbocycles. The van der Waals surface area contributed by atoms with E-state index in [-0.39, 0.29) is 11.4 Å². The zero-order valence-electron chi connectivity index (χ0n) is 25.4. The van der Waals surface area contributed by atoms with E-state index in [9.17, 15) is 9.59 Å². The summed E-state index contributed by atoms with van der Waals surface area (Å²) in [6.45, 7) is 6.62. The van der Waals surface area contributed by atoms with Crippen LogP contribution in [0.3, 0.4) is 0 Å². The van der Waals surface area contributed by atoms with Crippen molar-refractivity contribution in [2.45, 2.75) is 51.1 Å². The van der Waals surface area contributed by atoms with Gasteiger partial charge in [0.05, 0.1) is 29.6 Å². The van der Waals surface area contributed by atoms with E-state index < -0.39 is 5.91 Å². The van der Waals surface area contributed by atoms with Gasteiger partial charge in [0, 0.05) is 70.4 Å². The Morgan fingerprint density at radius 3 is 2.40 bits per heavy atom. The number of halogens is 2. The van der Waals surface area contributed by atoms with E-state index in [2.05, 4.69) is 23.7 Å². The van der Waals surface area contributed by atoms with Gasteiger partial charge in [-0.1, -0.05) is 23.2 Å². The second-order valence-electron chi connectivity index (χ2n) is 12.7. The molecule has 11 heteroatoms. The second kappa shape index (κ2) is 11.2. The van der Waals surface area contributed by atoms with Gasteiger partial charge < -0.3 is 15.4 Å². The minimum atomic E-state index is -0.566. The summed E-state index contributed by atoms with van der Waals surface area (Å²) in [6, 6.07) is 11.6. The number of nitrogens with zero attached hydrogens (tertiary/aromatic N) is 5. The van der Waals surface area contributed by atoms with Crippen LogP contribution in [0.2, 0.25) is 10.0 Å². The van der Waals surface area contributed by atoms with Gasteiger partial charge in [-0.25, -0.2) is 4.68 Å². The summed E-state index contributed by atoms with van der Waals surface area (Å²) < 4.78 is 7.60. The Hall–Kier alpha value is -3.92. The number of methoxy groups -OCH3 is 1. The van der Waals surface area contributed by atoms with Crippen LogP contribution in [0.5, 0.6) is 5.75 Å². The van der Waals surface area contributed by atoms with Crippen molar-refractivity contribution in [1.29, 1.82) is 0 Å². The fourth-order valence-corrected chi connectivity index (χ4v) is 7.37. The number of aryl methyl sites for hydroxylation is 1. The van der Waals surface area contributed by atoms with Crippen molar-refractivity contribution in [2.75, 3.05) is 26.7 Å². The van der Waals surface area contributed by atoms with Gasteiger partial charge in [-0.05, 0) is 81.5 Å². The molecule has 1 aliphatic heterocycles. The summed E-state index contributed by atoms with van der Waals surface area (Å²) in [7, 11) is 1.62. The molecule has 2 aromatic heterocycles. The number of aromatic nitrogens is 3. The molecule has 2 fully saturated rings. The van der Waals surface area contributed by atoms with E-state index in [0.29, 0.717) is 63.7 Å². The molecule has 9 nitrogen and oxygen atoms in total. The first-order chi connectivity index (χ1) is 21.5. The molecule has 2 aliphatic carbocycles. The maximum Gasteiger partial charge on any atom is 0.275 e. The molecule has 4 aromatic rings. The van der Waals surface area contributed by atoms with Crippen molar-refractivity contribution in [2.24, 2.45) is 5.73 Å². The Kier molecular flexibility index (Phi) is 7.38. The maximum atomic E-state index is 14.5. The molecule has 0 radical (unpaired) electrons. The van der Waals surface area contributed by atoms with Crippen LogP contribution in [-0.2, 0) is 12.8 Å². The molecule has 1 saturated carbocycles. The van der Waals surface area contributed by atoms with E-state index in [0.717, 1.165) is 41.0 Å². The fraction of sp³-hybridized carbons (Fsp3) is 0.353. The highest BCUT2D eigenvalue weighted by Crippen LogP contribution is 2.44. The summed E-state index contributed by atoms with van der Waals surface area (Å²) in [6.07, 6.45) is 6.91. The number of benzene rings is 2. The van der Waals surface area contributed by atoms with Crippen LogP contribution in [0.4, 0.5) is 0 Å². The highest BCUT2D eigenvalue weighted by molar-refractivity contribution is 6.34. The molecule has 2 N–H and O–H groups in total. The Morgan fingerprint density at radius 2 is 1.73 bits per heavy atom. The lowest BCUT2D eigenvalue weighted by Gasteiger charge is -2.47. The molecule has 0 unspecified atom stereocenters. The van der Waals surface area contributed by atoms with Gasteiger partial charge in [0.15, 0.2) is 5.69 Å². The molecule has 2 amide bonds. The molecular weight excluding hydrogens is 611 g/mol. The third-order valence-corrected chi connectivity index (χ3v) is 9.61. The van der Waals surface area contributed by atoms with Gasteiger partial charge in [0.25, 0.3) is 5.91 Å². The topological polar surface area (TPSA) is 107 Å². The predicted octanol–water partition coefficient (Wildman–Crippen LogP) is 5.81. The molecule has 0 atom stereocenters. The zero-order chi connectivity index (χ0) is 31.6. The fourth-order valence-electron chi connectivity index (χ4n) is 6.86. The number of ether oxygens (including phenoxy) is 1. The molecule has 45 heavy (non-hydrogen) atoms. The number of amides is 2. The third kappa shape index (κ3) is 5.37. The Labute approximate surface area is 271 Å². The summed E-state index contributed by atoms with van der Waals surface area (Å²) in [5, 5.41) is 5.95. The van der Waals surface area contributed by atoms with Crippen LogP contribution >= 0.6 is 23.2 Å². The first kappa shape index (κ1) is 29.8. The second-order valence-corrected chi connectivity index (χ2v) is 13.6. The summed E-state index contributed by atoms with van der Waals surface area (Å²) >= 11 is 12.9. The lowest BCUT2D eigenvalue weighted by Crippen LogP contribution is -2.61. The molecule has 0 spiro atoms. The maximum absolute atomic E-state index is 14.5. The molecular formula is C34H34Cl2N6O3. The van der Waals surface area contributed by atoms with Crippen molar-refractivity contribution < 1.29 is 14.3 Å². The van der Waals surface area contributed by atoms with Crippen LogP contribution in [0.1, 0.15) is 58.7 Å². The SMILES string of the molecule is COc1cc2c(cc1-c1cncc(C(N)=O)c1)-c1c(c(C(=O)N3CCN(C4CC4)CC3(C)C)nn1-c1cc(Cl)cc(Cl)c1)CC2. The van der Waals surface area contributed by atoms with Gasteiger partial charge in [0.2, 0.25) is 5.91 Å². The molecule has 3 aliphatic rings. The molecule has 1 saturated heterocycles. The van der Waals surface area contributed by atoms with Crippen LogP contribution in [-0.4, -0.2) is 74.7 Å². The number of rotatable bonds is 6. The average Bonchev–Trinajstić information content (AvgIpc) is 3.78. The number of hydrogen-bond donors (Lipinski definition) is 1.